The zero-order valence-electron chi connectivity index (χ0n) is 16.4. The molecule has 0 N–H and O–H groups in total. The van der Waals surface area contributed by atoms with Crippen molar-refractivity contribution in [3.63, 3.8) is 0 Å². The van der Waals surface area contributed by atoms with Crippen molar-refractivity contribution in [3.8, 4) is 11.4 Å². The van der Waals surface area contributed by atoms with Gasteiger partial charge in [0.1, 0.15) is 12.1 Å². The molecule has 2 rings (SSSR count). The zero-order chi connectivity index (χ0) is 19.8. The molecular formula is C19H28N4O3S. The van der Waals surface area contributed by atoms with Gasteiger partial charge in [-0.05, 0) is 30.3 Å². The molecule has 0 saturated carbocycles. The lowest BCUT2D eigenvalue weighted by Crippen LogP contribution is -2.36. The molecule has 0 fully saturated rings. The highest BCUT2D eigenvalue weighted by atomic mass is 32.1. The monoisotopic (exact) mass is 392 g/mol. The molecule has 0 aliphatic carbocycles. The normalized spacial score (nSPS) is 11.2. The van der Waals surface area contributed by atoms with Crippen LogP contribution >= 0.6 is 12.2 Å². The van der Waals surface area contributed by atoms with Crippen LogP contribution in [0.4, 0.5) is 0 Å². The van der Waals surface area contributed by atoms with Crippen molar-refractivity contribution in [1.82, 2.24) is 19.2 Å². The van der Waals surface area contributed by atoms with Gasteiger partial charge < -0.3 is 9.47 Å². The molecule has 8 heteroatoms. The molecule has 0 unspecified atom stereocenters. The number of benzene rings is 1. The number of carbonyl (C=O) groups is 1. The van der Waals surface area contributed by atoms with E-state index in [-0.39, 0.29) is 12.5 Å². The van der Waals surface area contributed by atoms with E-state index in [9.17, 15) is 4.79 Å². The van der Waals surface area contributed by atoms with Crippen LogP contribution in [0.15, 0.2) is 30.6 Å². The summed E-state index contributed by atoms with van der Waals surface area (Å²) in [5, 5.41) is 4.43. The summed E-state index contributed by atoms with van der Waals surface area (Å²) in [6, 6.07) is 7.64. The number of para-hydroxylation sites is 2. The van der Waals surface area contributed by atoms with Gasteiger partial charge >= 0.3 is 5.97 Å². The lowest BCUT2D eigenvalue weighted by Gasteiger charge is -2.25. The standard InChI is InChI=1S/C19H28N4O3S/c1-5-15(6-2)11-21(12-18(24)26-4)14-23-19(27)22(13-20-23)16-9-7-8-10-17(16)25-3/h7-10,13,15H,5-6,11-12,14H2,1-4H3. The smallest absolute Gasteiger partial charge is 0.319 e. The number of hydrogen-bond acceptors (Lipinski definition) is 6. The van der Waals surface area contributed by atoms with Crippen LogP contribution < -0.4 is 4.74 Å². The van der Waals surface area contributed by atoms with E-state index in [1.165, 1.54) is 7.11 Å². The lowest BCUT2D eigenvalue weighted by atomic mass is 10.0. The van der Waals surface area contributed by atoms with E-state index < -0.39 is 0 Å². The molecule has 0 radical (unpaired) electrons. The van der Waals surface area contributed by atoms with Crippen LogP contribution in [0, 0.1) is 10.7 Å². The highest BCUT2D eigenvalue weighted by Crippen LogP contribution is 2.22. The quantitative estimate of drug-likeness (QED) is 0.457. The van der Waals surface area contributed by atoms with Gasteiger partial charge in [0.2, 0.25) is 4.77 Å². The number of rotatable bonds is 10. The average Bonchev–Trinajstić information content (AvgIpc) is 3.05. The number of nitrogens with zero attached hydrogens (tertiary/aromatic N) is 4. The summed E-state index contributed by atoms with van der Waals surface area (Å²) in [5.41, 5.74) is 0.829. The number of aromatic nitrogens is 3. The molecule has 1 aromatic carbocycles. The van der Waals surface area contributed by atoms with E-state index in [4.69, 9.17) is 21.7 Å². The Bertz CT molecular complexity index is 798. The van der Waals surface area contributed by atoms with Gasteiger partial charge in [0.05, 0.1) is 33.1 Å². The van der Waals surface area contributed by atoms with Crippen LogP contribution in [0.5, 0.6) is 5.75 Å². The van der Waals surface area contributed by atoms with Crippen LogP contribution in [0.25, 0.3) is 5.69 Å². The van der Waals surface area contributed by atoms with Crippen molar-refractivity contribution >= 4 is 18.2 Å². The number of carbonyl (C=O) groups excluding carboxylic acids is 1. The maximum absolute atomic E-state index is 11.8. The Hall–Kier alpha value is -2.19. The topological polar surface area (TPSA) is 61.5 Å². The highest BCUT2D eigenvalue weighted by molar-refractivity contribution is 7.71. The third-order valence-electron chi connectivity index (χ3n) is 4.66. The van der Waals surface area contributed by atoms with Gasteiger partial charge in [0.15, 0.2) is 0 Å². The Morgan fingerprint density at radius 3 is 2.59 bits per heavy atom. The molecule has 2 aromatic rings. The largest absolute Gasteiger partial charge is 0.495 e. The summed E-state index contributed by atoms with van der Waals surface area (Å²) in [5.74, 6) is 0.952. The third kappa shape index (κ3) is 5.40. The summed E-state index contributed by atoms with van der Waals surface area (Å²) in [6.45, 7) is 5.73. The average molecular weight is 393 g/mol. The number of hydrogen-bond donors (Lipinski definition) is 0. The summed E-state index contributed by atoms with van der Waals surface area (Å²) in [4.78, 5) is 13.9. The fraction of sp³-hybridized carbons (Fsp3) is 0.526. The van der Waals surface area contributed by atoms with Crippen LogP contribution in [0.3, 0.4) is 0 Å². The zero-order valence-corrected chi connectivity index (χ0v) is 17.2. The van der Waals surface area contributed by atoms with Crippen LogP contribution in [0.2, 0.25) is 0 Å². The minimum atomic E-state index is -0.267. The first-order valence-electron chi connectivity index (χ1n) is 9.10. The van der Waals surface area contributed by atoms with Crippen LogP contribution in [0.1, 0.15) is 26.7 Å². The number of esters is 1. The predicted molar refractivity (Wildman–Crippen MR) is 107 cm³/mol. The Morgan fingerprint density at radius 1 is 1.26 bits per heavy atom. The molecular weight excluding hydrogens is 364 g/mol. The third-order valence-corrected chi connectivity index (χ3v) is 5.07. The number of methoxy groups -OCH3 is 2. The van der Waals surface area contributed by atoms with Crippen molar-refractivity contribution in [1.29, 1.82) is 0 Å². The lowest BCUT2D eigenvalue weighted by molar-refractivity contribution is -0.142. The van der Waals surface area contributed by atoms with Crippen molar-refractivity contribution in [2.75, 3.05) is 27.3 Å². The fourth-order valence-corrected chi connectivity index (χ4v) is 3.20. The van der Waals surface area contributed by atoms with Crippen molar-refractivity contribution < 1.29 is 14.3 Å². The van der Waals surface area contributed by atoms with Crippen LogP contribution in [-0.4, -0.2) is 52.5 Å². The van der Waals surface area contributed by atoms with Crippen molar-refractivity contribution in [2.45, 2.75) is 33.4 Å². The van der Waals surface area contributed by atoms with Gasteiger partial charge in [0.25, 0.3) is 0 Å². The Kier molecular flexibility index (Phi) is 7.99. The van der Waals surface area contributed by atoms with E-state index in [1.54, 1.807) is 18.1 Å². The first kappa shape index (κ1) is 21.1. The van der Waals surface area contributed by atoms with E-state index in [0.717, 1.165) is 30.8 Å². The first-order chi connectivity index (χ1) is 13.0. The molecule has 0 spiro atoms. The van der Waals surface area contributed by atoms with Gasteiger partial charge in [-0.25, -0.2) is 4.68 Å². The Labute approximate surface area is 165 Å². The molecule has 1 heterocycles. The van der Waals surface area contributed by atoms with Gasteiger partial charge in [-0.15, -0.1) is 0 Å². The van der Waals surface area contributed by atoms with Gasteiger partial charge in [-0.1, -0.05) is 38.8 Å². The second-order valence-electron chi connectivity index (χ2n) is 6.37. The first-order valence-corrected chi connectivity index (χ1v) is 9.51. The summed E-state index contributed by atoms with van der Waals surface area (Å²) >= 11 is 5.61. The van der Waals surface area contributed by atoms with Crippen molar-refractivity contribution in [2.24, 2.45) is 5.92 Å². The fourth-order valence-electron chi connectivity index (χ4n) is 2.95. The molecule has 27 heavy (non-hydrogen) atoms. The van der Waals surface area contributed by atoms with Gasteiger partial charge in [-0.2, -0.15) is 5.10 Å². The molecule has 1 aromatic heterocycles. The maximum Gasteiger partial charge on any atom is 0.319 e. The number of ether oxygens (including phenoxy) is 2. The Balaban J connectivity index is 2.26. The minimum absolute atomic E-state index is 0.205. The predicted octanol–water partition coefficient (Wildman–Crippen LogP) is 3.28. The second kappa shape index (κ2) is 10.2. The second-order valence-corrected chi connectivity index (χ2v) is 6.73. The highest BCUT2D eigenvalue weighted by Gasteiger charge is 2.17. The van der Waals surface area contributed by atoms with Gasteiger partial charge in [-0.3, -0.25) is 14.3 Å². The SMILES string of the molecule is CCC(CC)CN(CC(=O)OC)Cn1ncn(-c2ccccc2OC)c1=S. The molecule has 0 aliphatic heterocycles. The molecule has 7 nitrogen and oxygen atoms in total. The van der Waals surface area contributed by atoms with Crippen LogP contribution in [-0.2, 0) is 16.2 Å². The summed E-state index contributed by atoms with van der Waals surface area (Å²) < 4.78 is 14.3. The summed E-state index contributed by atoms with van der Waals surface area (Å²) in [6.07, 6.45) is 3.78. The molecule has 0 saturated heterocycles. The maximum atomic E-state index is 11.8. The molecule has 0 bridgehead atoms. The van der Waals surface area contributed by atoms with E-state index in [2.05, 4.69) is 18.9 Å². The molecule has 0 amide bonds. The minimum Gasteiger partial charge on any atom is -0.495 e. The molecule has 148 valence electrons. The van der Waals surface area contributed by atoms with Crippen molar-refractivity contribution in [3.05, 3.63) is 35.4 Å². The molecule has 0 aliphatic rings. The summed E-state index contributed by atoms with van der Waals surface area (Å²) in [7, 11) is 3.03. The van der Waals surface area contributed by atoms with E-state index in [1.807, 2.05) is 33.7 Å². The Morgan fingerprint density at radius 2 is 1.96 bits per heavy atom. The van der Waals surface area contributed by atoms with E-state index in [0.29, 0.717) is 17.4 Å². The molecule has 0 atom stereocenters. The van der Waals surface area contributed by atoms with Gasteiger partial charge in [0, 0.05) is 6.54 Å². The van der Waals surface area contributed by atoms with E-state index >= 15 is 0 Å².